The molecule has 2 aromatic rings. The van der Waals surface area contributed by atoms with Crippen molar-refractivity contribution in [2.45, 2.75) is 37.1 Å². The lowest BCUT2D eigenvalue weighted by atomic mass is 9.86. The summed E-state index contributed by atoms with van der Waals surface area (Å²) in [5.74, 6) is -1.63. The van der Waals surface area contributed by atoms with Crippen LogP contribution >= 0.6 is 0 Å². The largest absolute Gasteiger partial charge is 0.490 e. The van der Waals surface area contributed by atoms with Crippen LogP contribution < -0.4 is 26.3 Å². The second kappa shape index (κ2) is 11.6. The summed E-state index contributed by atoms with van der Waals surface area (Å²) in [4.78, 5) is 22.4. The van der Waals surface area contributed by atoms with Crippen molar-refractivity contribution >= 4 is 17.7 Å². The summed E-state index contributed by atoms with van der Waals surface area (Å²) in [6, 6.07) is 11.3. The zero-order valence-electron chi connectivity index (χ0n) is 19.8. The van der Waals surface area contributed by atoms with Crippen LogP contribution in [0.2, 0.25) is 0 Å². The van der Waals surface area contributed by atoms with E-state index in [1.807, 2.05) is 6.07 Å². The molecule has 1 atom stereocenters. The molecule has 2 aliphatic heterocycles. The van der Waals surface area contributed by atoms with Crippen LogP contribution in [0, 0.1) is 5.82 Å². The number of para-hydroxylation sites is 2. The van der Waals surface area contributed by atoms with Crippen LogP contribution in [0.5, 0.6) is 11.5 Å². The molecule has 1 fully saturated rings. The average Bonchev–Trinajstić information content (AvgIpc) is 3.17. The van der Waals surface area contributed by atoms with Crippen LogP contribution in [0.4, 0.5) is 28.0 Å². The van der Waals surface area contributed by atoms with Gasteiger partial charge in [-0.05, 0) is 30.3 Å². The van der Waals surface area contributed by atoms with E-state index in [-0.39, 0.29) is 17.5 Å². The summed E-state index contributed by atoms with van der Waals surface area (Å²) in [7, 11) is 0. The Bertz CT molecular complexity index is 1110. The van der Waals surface area contributed by atoms with Gasteiger partial charge in [-0.3, -0.25) is 4.90 Å². The zero-order valence-corrected chi connectivity index (χ0v) is 19.8. The number of carbonyl (C=O) groups excluding carboxylic acids is 1. The molecule has 2 heterocycles. The Morgan fingerprint density at radius 1 is 1.19 bits per heavy atom. The fourth-order valence-electron chi connectivity index (χ4n) is 4.31. The van der Waals surface area contributed by atoms with Crippen molar-refractivity contribution < 1.29 is 41.7 Å². The molecule has 4 rings (SSSR count). The molecule has 1 unspecified atom stereocenters. The van der Waals surface area contributed by atoms with Crippen molar-refractivity contribution in [1.82, 2.24) is 4.90 Å². The maximum Gasteiger partial charge on any atom is 0.490 e. The predicted octanol–water partition coefficient (Wildman–Crippen LogP) is 3.13. The summed E-state index contributed by atoms with van der Waals surface area (Å²) in [6.07, 6.45) is -2.65. The number of primary amides is 1. The molecule has 202 valence electrons. The smallest absolute Gasteiger partial charge is 0.490 e. The topological polar surface area (TPSA) is 140 Å². The van der Waals surface area contributed by atoms with E-state index in [1.54, 1.807) is 30.3 Å². The molecule has 1 saturated heterocycles. The maximum atomic E-state index is 13.5. The number of fused-ring (bicyclic) bond motifs is 1. The number of likely N-dealkylation sites (tertiary alicyclic amines) is 1. The van der Waals surface area contributed by atoms with Gasteiger partial charge in [-0.15, -0.1) is 0 Å². The summed E-state index contributed by atoms with van der Waals surface area (Å²) in [5.41, 5.74) is 12.5. The molecular weight excluding hydrogens is 500 g/mol. The fraction of sp³-hybridized carbons (Fsp3) is 0.417. The molecule has 0 saturated carbocycles. The number of carboxylic acids is 1. The highest BCUT2D eigenvalue weighted by molar-refractivity contribution is 5.89. The van der Waals surface area contributed by atoms with E-state index >= 15 is 0 Å². The van der Waals surface area contributed by atoms with Gasteiger partial charge in [0.15, 0.2) is 0 Å². The minimum absolute atomic E-state index is 0.0326. The summed E-state index contributed by atoms with van der Waals surface area (Å²) >= 11 is 0. The van der Waals surface area contributed by atoms with Gasteiger partial charge in [0.2, 0.25) is 0 Å². The van der Waals surface area contributed by atoms with Crippen LogP contribution in [0.1, 0.15) is 18.4 Å². The van der Waals surface area contributed by atoms with Gasteiger partial charge < -0.3 is 31.4 Å². The van der Waals surface area contributed by atoms with Crippen LogP contribution in [-0.2, 0) is 11.2 Å². The third kappa shape index (κ3) is 7.46. The highest BCUT2D eigenvalue weighted by atomic mass is 19.4. The first-order valence-electron chi connectivity index (χ1n) is 11.4. The van der Waals surface area contributed by atoms with Gasteiger partial charge in [-0.2, -0.15) is 13.2 Å². The quantitative estimate of drug-likeness (QED) is 0.423. The minimum Gasteiger partial charge on any atom is -0.490 e. The Kier molecular flexibility index (Phi) is 8.81. The van der Waals surface area contributed by atoms with E-state index in [9.17, 15) is 22.4 Å². The number of rotatable bonds is 6. The second-order valence-electron chi connectivity index (χ2n) is 8.74. The van der Waals surface area contributed by atoms with Crippen molar-refractivity contribution in [1.29, 1.82) is 0 Å². The number of piperidine rings is 1. The number of amides is 2. The molecule has 2 aromatic carbocycles. The van der Waals surface area contributed by atoms with E-state index in [1.165, 1.54) is 6.07 Å². The van der Waals surface area contributed by atoms with Crippen LogP contribution in [0.3, 0.4) is 0 Å². The number of carboxylic acid groups (broad SMARTS) is 1. The zero-order chi connectivity index (χ0) is 27.2. The summed E-state index contributed by atoms with van der Waals surface area (Å²) in [5, 5.41) is 9.69. The van der Waals surface area contributed by atoms with Gasteiger partial charge in [0, 0.05) is 44.5 Å². The number of hydrogen-bond donors (Lipinski definition) is 4. The molecule has 0 aromatic heterocycles. The number of carbonyl (C=O) groups is 2. The number of halogens is 4. The molecule has 2 aliphatic rings. The Hall–Kier alpha value is -3.58. The number of urea groups is 1. The second-order valence-corrected chi connectivity index (χ2v) is 8.74. The van der Waals surface area contributed by atoms with E-state index in [0.717, 1.165) is 43.7 Å². The SMILES string of the molecule is NCC(COc1ccccc1NC(N)=O)N1CCC2(CC1)Cc1cc(F)ccc1O2.O=C(O)C(F)(F)F. The Morgan fingerprint density at radius 3 is 2.43 bits per heavy atom. The third-order valence-electron chi connectivity index (χ3n) is 6.18. The molecule has 0 aliphatic carbocycles. The van der Waals surface area contributed by atoms with Crippen molar-refractivity contribution in [3.8, 4) is 11.5 Å². The van der Waals surface area contributed by atoms with E-state index < -0.39 is 18.2 Å². The van der Waals surface area contributed by atoms with E-state index in [4.69, 9.17) is 30.8 Å². The lowest BCUT2D eigenvalue weighted by Crippen LogP contribution is -2.53. The van der Waals surface area contributed by atoms with Crippen molar-refractivity contribution in [2.75, 3.05) is 31.6 Å². The molecule has 13 heteroatoms. The standard InChI is InChI=1S/C22H27FN4O3.C2HF3O2/c23-16-5-6-19-15(11-16)12-22(30-19)7-9-27(10-8-22)17(13-24)14-29-20-4-2-1-3-18(20)26-21(25)28;3-2(4,5)1(6)7/h1-6,11,17H,7-10,12-14,24H2,(H3,25,26,28);(H,6,7). The van der Waals surface area contributed by atoms with Gasteiger partial charge in [-0.1, -0.05) is 12.1 Å². The van der Waals surface area contributed by atoms with Gasteiger partial charge in [0.25, 0.3) is 0 Å². The normalized spacial score (nSPS) is 17.1. The fourth-order valence-corrected chi connectivity index (χ4v) is 4.31. The van der Waals surface area contributed by atoms with Crippen LogP contribution in [-0.4, -0.2) is 66.1 Å². The molecular formula is C24H28F4N4O5. The highest BCUT2D eigenvalue weighted by Gasteiger charge is 2.43. The average molecular weight is 529 g/mol. The van der Waals surface area contributed by atoms with E-state index in [0.29, 0.717) is 24.6 Å². The first-order chi connectivity index (χ1) is 17.4. The minimum atomic E-state index is -5.08. The Balaban J connectivity index is 0.000000479. The summed E-state index contributed by atoms with van der Waals surface area (Å²) in [6.45, 7) is 2.49. The molecule has 6 N–H and O–H groups in total. The Labute approximate surface area is 210 Å². The van der Waals surface area contributed by atoms with Gasteiger partial charge in [0.05, 0.1) is 11.7 Å². The number of anilines is 1. The summed E-state index contributed by atoms with van der Waals surface area (Å²) < 4.78 is 57.5. The lowest BCUT2D eigenvalue weighted by molar-refractivity contribution is -0.192. The lowest BCUT2D eigenvalue weighted by Gasteiger charge is -2.41. The first kappa shape index (κ1) is 28.0. The van der Waals surface area contributed by atoms with Crippen LogP contribution in [0.15, 0.2) is 42.5 Å². The van der Waals surface area contributed by atoms with Gasteiger partial charge in [-0.25, -0.2) is 14.0 Å². The highest BCUT2D eigenvalue weighted by Crippen LogP contribution is 2.41. The number of benzene rings is 2. The number of nitrogens with one attached hydrogen (secondary N) is 1. The van der Waals surface area contributed by atoms with Gasteiger partial charge in [0.1, 0.15) is 29.5 Å². The number of nitrogens with zero attached hydrogens (tertiary/aromatic N) is 1. The molecule has 1 spiro atoms. The molecule has 0 radical (unpaired) electrons. The number of nitrogens with two attached hydrogens (primary N) is 2. The monoisotopic (exact) mass is 528 g/mol. The number of alkyl halides is 3. The number of hydrogen-bond acceptors (Lipinski definition) is 6. The number of ether oxygens (including phenoxy) is 2. The third-order valence-corrected chi connectivity index (χ3v) is 6.18. The Morgan fingerprint density at radius 2 is 1.84 bits per heavy atom. The first-order valence-corrected chi connectivity index (χ1v) is 11.4. The molecule has 37 heavy (non-hydrogen) atoms. The predicted molar refractivity (Wildman–Crippen MR) is 126 cm³/mol. The molecule has 0 bridgehead atoms. The number of aliphatic carboxylic acids is 1. The molecule has 9 nitrogen and oxygen atoms in total. The van der Waals surface area contributed by atoms with Crippen molar-refractivity contribution in [2.24, 2.45) is 11.5 Å². The van der Waals surface area contributed by atoms with E-state index in [2.05, 4.69) is 10.2 Å². The van der Waals surface area contributed by atoms with Crippen molar-refractivity contribution in [3.05, 3.63) is 53.8 Å². The van der Waals surface area contributed by atoms with Crippen LogP contribution in [0.25, 0.3) is 0 Å². The molecule has 2 amide bonds. The van der Waals surface area contributed by atoms with Gasteiger partial charge >= 0.3 is 18.2 Å². The van der Waals surface area contributed by atoms with Crippen molar-refractivity contribution in [3.63, 3.8) is 0 Å². The maximum absolute atomic E-state index is 13.5.